The monoisotopic (exact) mass is 1220 g/mol. The number of aromatic nitrogens is 3. The van der Waals surface area contributed by atoms with Crippen LogP contribution in [0.15, 0.2) is 200 Å². The van der Waals surface area contributed by atoms with Gasteiger partial charge in [0.15, 0.2) is 0 Å². The van der Waals surface area contributed by atoms with Gasteiger partial charge in [0.2, 0.25) is 0 Å². The van der Waals surface area contributed by atoms with Gasteiger partial charge in [0.25, 0.3) is 0 Å². The van der Waals surface area contributed by atoms with Gasteiger partial charge in [0.05, 0.1) is 11.0 Å². The summed E-state index contributed by atoms with van der Waals surface area (Å²) in [6.45, 7) is 14.6. The van der Waals surface area contributed by atoms with E-state index in [0.29, 0.717) is 11.5 Å². The molecule has 0 bridgehead atoms. The smallest absolute Gasteiger partial charge is 0.509 e. The Balaban J connectivity index is 0.00000605. The number of imidazole rings is 1. The molecule has 0 spiro atoms. The second kappa shape index (κ2) is 21.0. The van der Waals surface area contributed by atoms with E-state index < -0.39 is 0 Å². The van der Waals surface area contributed by atoms with Gasteiger partial charge >= 0.3 is 21.1 Å². The number of hydrogen-bond donors (Lipinski definition) is 0. The van der Waals surface area contributed by atoms with E-state index in [9.17, 15) is 0 Å². The van der Waals surface area contributed by atoms with Crippen molar-refractivity contribution in [2.45, 2.75) is 72.3 Å². The number of hydrogen-bond acceptors (Lipinski definition) is 4. The average Bonchev–Trinajstić information content (AvgIpc) is 4.37. The summed E-state index contributed by atoms with van der Waals surface area (Å²) in [6, 6.07) is 83.3. The van der Waals surface area contributed by atoms with E-state index in [4.69, 9.17) is 9.72 Å². The van der Waals surface area contributed by atoms with Crippen molar-refractivity contribution in [3.63, 3.8) is 0 Å². The van der Waals surface area contributed by atoms with E-state index in [1.807, 2.05) is 0 Å². The first-order valence-electron chi connectivity index (χ1n) is 27.9. The van der Waals surface area contributed by atoms with Crippen LogP contribution in [-0.4, -0.2) is 14.1 Å². The van der Waals surface area contributed by atoms with Crippen molar-refractivity contribution in [3.8, 4) is 61.7 Å². The number of rotatable bonds is 11. The molecule has 0 saturated carbocycles. The summed E-state index contributed by atoms with van der Waals surface area (Å²) in [5.74, 6) is 2.88. The molecule has 4 heterocycles. The standard InChI is InChI=1S/C73H59N5O.Pt/c1-47(2)58-28-19-29-59(48(3)4)72(58)53-40-55(42-57(41-53)79-56-35-37-64-63-27-15-16-32-66(63)78(67(64)43-56)54-34-36-60(49(5)39-54)50-21-9-6-10-22-50)76-46-77(70-45-68-65(44-69(70)76)74-71-33-17-18-38-75(68)71)73-61(51-23-11-7-12-24-51)30-20-31-62(73)52-25-13-8-14-26-52;/h6-16,19-32,35-37,39-41,44-48H,17-18,33,38H2,1-5H3;/q-4;+4. The minimum absolute atomic E-state index is 0. The Hall–Kier alpha value is -8.44. The zero-order chi connectivity index (χ0) is 53.3. The maximum Gasteiger partial charge on any atom is 4.00 e. The van der Waals surface area contributed by atoms with Gasteiger partial charge in [-0.2, -0.15) is 23.8 Å². The van der Waals surface area contributed by atoms with Crippen LogP contribution in [0.2, 0.25) is 0 Å². The number of benzene rings is 10. The molecule has 2 aliphatic rings. The topological polar surface area (TPSA) is 38.5 Å². The summed E-state index contributed by atoms with van der Waals surface area (Å²) in [4.78, 5) is 10.1. The van der Waals surface area contributed by atoms with Crippen molar-refractivity contribution in [1.29, 1.82) is 0 Å². The molecule has 2 aromatic heterocycles. The van der Waals surface area contributed by atoms with Crippen LogP contribution in [-0.2, 0) is 34.0 Å². The van der Waals surface area contributed by atoms with Crippen LogP contribution < -0.4 is 14.5 Å². The van der Waals surface area contributed by atoms with Gasteiger partial charge in [0, 0.05) is 58.2 Å². The molecular formula is C73H59N5OPt. The minimum Gasteiger partial charge on any atom is -0.509 e. The van der Waals surface area contributed by atoms with Gasteiger partial charge in [0.1, 0.15) is 5.82 Å². The van der Waals surface area contributed by atoms with Gasteiger partial charge < -0.3 is 23.7 Å². The van der Waals surface area contributed by atoms with E-state index in [2.05, 4.69) is 279 Å². The van der Waals surface area contributed by atoms with E-state index >= 15 is 0 Å². The first-order chi connectivity index (χ1) is 38.7. The molecule has 0 amide bonds. The van der Waals surface area contributed by atoms with Gasteiger partial charge in [-0.3, -0.25) is 0 Å². The molecule has 14 rings (SSSR count). The van der Waals surface area contributed by atoms with Gasteiger partial charge in [-0.25, -0.2) is 4.98 Å². The molecule has 392 valence electrons. The number of aryl methyl sites for hydroxylation is 3. The zero-order valence-corrected chi connectivity index (χ0v) is 47.8. The summed E-state index contributed by atoms with van der Waals surface area (Å²) in [5.41, 5.74) is 22.1. The Kier molecular flexibility index (Phi) is 13.4. The quantitative estimate of drug-likeness (QED) is 0.121. The molecule has 0 radical (unpaired) electrons. The Morgan fingerprint density at radius 3 is 1.85 bits per heavy atom. The van der Waals surface area contributed by atoms with Crippen LogP contribution in [0.3, 0.4) is 0 Å². The molecule has 6 nitrogen and oxygen atoms in total. The average molecular weight is 1220 g/mol. The van der Waals surface area contributed by atoms with E-state index in [0.717, 1.165) is 126 Å². The third-order valence-electron chi connectivity index (χ3n) is 16.1. The molecular weight excluding hydrogens is 1160 g/mol. The largest absolute Gasteiger partial charge is 4.00 e. The zero-order valence-electron chi connectivity index (χ0n) is 45.6. The van der Waals surface area contributed by atoms with Crippen LogP contribution in [0.4, 0.5) is 22.7 Å². The molecule has 10 aromatic carbocycles. The minimum atomic E-state index is 0. The van der Waals surface area contributed by atoms with Crippen LogP contribution in [0.1, 0.15) is 74.9 Å². The van der Waals surface area contributed by atoms with E-state index in [-0.39, 0.29) is 32.9 Å². The predicted molar refractivity (Wildman–Crippen MR) is 326 cm³/mol. The predicted octanol–water partition coefficient (Wildman–Crippen LogP) is 19.3. The van der Waals surface area contributed by atoms with Crippen LogP contribution in [0, 0.1) is 31.8 Å². The van der Waals surface area contributed by atoms with Gasteiger partial charge in [-0.15, -0.1) is 65.3 Å². The van der Waals surface area contributed by atoms with Crippen molar-refractivity contribution in [2.75, 3.05) is 9.80 Å². The van der Waals surface area contributed by atoms with Crippen LogP contribution in [0.25, 0.3) is 83.0 Å². The molecule has 7 heteroatoms. The summed E-state index contributed by atoms with van der Waals surface area (Å²) in [6.07, 6.45) is 3.26. The Labute approximate surface area is 483 Å². The van der Waals surface area contributed by atoms with Crippen molar-refractivity contribution in [1.82, 2.24) is 14.1 Å². The third-order valence-corrected chi connectivity index (χ3v) is 16.1. The Morgan fingerprint density at radius 2 is 1.18 bits per heavy atom. The molecule has 12 aromatic rings. The second-order valence-corrected chi connectivity index (χ2v) is 21.8. The number of nitrogens with zero attached hydrogens (tertiary/aromatic N) is 5. The fourth-order valence-electron chi connectivity index (χ4n) is 12.4. The number of anilines is 4. The molecule has 0 fully saturated rings. The SMILES string of the molecule is Cc1cc(-n2c3[c-]c(Oc4[c-]c(N5[CH-]N(c6c(-c7ccccc7)cccc6-c6ccccc6)c6cc7c(cc65)nc5n7CCCC5)cc(-c5c(C(C)C)cccc5C(C)C)c4)ccc3c3ccccc32)[c-]cc1-c1ccccc1.[Pt+4]. The molecule has 0 saturated heterocycles. The van der Waals surface area contributed by atoms with E-state index in [1.165, 1.54) is 27.8 Å². The van der Waals surface area contributed by atoms with Crippen molar-refractivity contribution < 1.29 is 25.8 Å². The summed E-state index contributed by atoms with van der Waals surface area (Å²) in [5, 5.41) is 2.24. The van der Waals surface area contributed by atoms with Crippen LogP contribution in [0.5, 0.6) is 11.5 Å². The molecule has 0 unspecified atom stereocenters. The maximum absolute atomic E-state index is 7.21. The fourth-order valence-corrected chi connectivity index (χ4v) is 12.4. The fraction of sp³-hybridized carbons (Fsp3) is 0.151. The van der Waals surface area contributed by atoms with Crippen molar-refractivity contribution in [2.24, 2.45) is 0 Å². The van der Waals surface area contributed by atoms with Gasteiger partial charge in [-0.05, 0) is 76.1 Å². The van der Waals surface area contributed by atoms with Crippen molar-refractivity contribution >= 4 is 55.6 Å². The Bertz CT molecular complexity index is 4210. The molecule has 80 heavy (non-hydrogen) atoms. The normalized spacial score (nSPS) is 13.1. The second-order valence-electron chi connectivity index (χ2n) is 21.8. The molecule has 2 aliphatic heterocycles. The van der Waals surface area contributed by atoms with Crippen molar-refractivity contribution in [3.05, 3.63) is 248 Å². The molecule has 0 aliphatic carbocycles. The molecule has 0 N–H and O–H groups in total. The summed E-state index contributed by atoms with van der Waals surface area (Å²) >= 11 is 0. The number of fused-ring (bicyclic) bond motifs is 7. The number of para-hydroxylation sites is 2. The van der Waals surface area contributed by atoms with E-state index in [1.54, 1.807) is 0 Å². The summed E-state index contributed by atoms with van der Waals surface area (Å²) < 4.78 is 11.9. The first kappa shape index (κ1) is 51.0. The van der Waals surface area contributed by atoms with Gasteiger partial charge in [-0.1, -0.05) is 197 Å². The molecule has 0 atom stereocenters. The summed E-state index contributed by atoms with van der Waals surface area (Å²) in [7, 11) is 0. The first-order valence-corrected chi connectivity index (χ1v) is 27.9. The third kappa shape index (κ3) is 8.91. The van der Waals surface area contributed by atoms with Crippen LogP contribution >= 0.6 is 0 Å². The number of ether oxygens (including phenoxy) is 1. The maximum atomic E-state index is 7.21. The Morgan fingerprint density at radius 1 is 0.537 bits per heavy atom.